The van der Waals surface area contributed by atoms with E-state index >= 15 is 0 Å². The second-order valence-corrected chi connectivity index (χ2v) is 4.66. The smallest absolute Gasteiger partial charge is 0.0895 e. The van der Waals surface area contributed by atoms with Gasteiger partial charge in [-0.15, -0.1) is 0 Å². The van der Waals surface area contributed by atoms with E-state index in [9.17, 15) is 0 Å². The van der Waals surface area contributed by atoms with Crippen molar-refractivity contribution in [3.8, 4) is 0 Å². The van der Waals surface area contributed by atoms with E-state index in [0.717, 1.165) is 26.2 Å². The normalized spacial score (nSPS) is 25.3. The van der Waals surface area contributed by atoms with Crippen molar-refractivity contribution in [2.75, 3.05) is 26.2 Å². The molecule has 1 saturated heterocycles. The van der Waals surface area contributed by atoms with Crippen LogP contribution >= 0.6 is 11.3 Å². The van der Waals surface area contributed by atoms with Gasteiger partial charge < -0.3 is 10.5 Å². The molecule has 1 aliphatic heterocycles. The molecule has 1 aromatic rings. The summed E-state index contributed by atoms with van der Waals surface area (Å²) in [5.74, 6) is 0. The van der Waals surface area contributed by atoms with Crippen LogP contribution in [0, 0.1) is 0 Å². The summed E-state index contributed by atoms with van der Waals surface area (Å²) in [6.07, 6.45) is 0.147. The van der Waals surface area contributed by atoms with Gasteiger partial charge in [0.25, 0.3) is 0 Å². The monoisotopic (exact) mass is 226 g/mol. The topological polar surface area (TPSA) is 38.5 Å². The van der Waals surface area contributed by atoms with Gasteiger partial charge in [0.15, 0.2) is 0 Å². The zero-order chi connectivity index (χ0) is 10.7. The van der Waals surface area contributed by atoms with Crippen molar-refractivity contribution in [3.05, 3.63) is 22.4 Å². The molecule has 2 atom stereocenters. The van der Waals surface area contributed by atoms with Gasteiger partial charge >= 0.3 is 0 Å². The van der Waals surface area contributed by atoms with Gasteiger partial charge in [0.1, 0.15) is 0 Å². The number of nitrogens with zero attached hydrogens (tertiary/aromatic N) is 1. The second-order valence-electron chi connectivity index (χ2n) is 3.88. The first-order valence-electron chi connectivity index (χ1n) is 5.43. The largest absolute Gasteiger partial charge is 0.374 e. The van der Waals surface area contributed by atoms with Crippen molar-refractivity contribution in [1.82, 2.24) is 4.90 Å². The summed E-state index contributed by atoms with van der Waals surface area (Å²) in [7, 11) is 0. The highest BCUT2D eigenvalue weighted by molar-refractivity contribution is 7.07. The Morgan fingerprint density at radius 3 is 3.27 bits per heavy atom. The zero-order valence-corrected chi connectivity index (χ0v) is 9.87. The summed E-state index contributed by atoms with van der Waals surface area (Å²) in [6, 6.07) is 2.11. The molecule has 2 heterocycles. The average molecular weight is 226 g/mol. The summed E-state index contributed by atoms with van der Waals surface area (Å²) in [6.45, 7) is 6.04. The lowest BCUT2D eigenvalue weighted by Crippen LogP contribution is -2.46. The second kappa shape index (κ2) is 5.07. The molecule has 0 amide bonds. The van der Waals surface area contributed by atoms with Gasteiger partial charge in [-0.2, -0.15) is 11.3 Å². The van der Waals surface area contributed by atoms with Crippen molar-refractivity contribution in [2.24, 2.45) is 5.73 Å². The van der Waals surface area contributed by atoms with Crippen LogP contribution in [0.5, 0.6) is 0 Å². The first kappa shape index (κ1) is 11.1. The highest BCUT2D eigenvalue weighted by Gasteiger charge is 2.26. The molecule has 0 spiro atoms. The van der Waals surface area contributed by atoms with Crippen LogP contribution in [0.15, 0.2) is 16.8 Å². The minimum absolute atomic E-state index is 0.0191. The van der Waals surface area contributed by atoms with Crippen molar-refractivity contribution in [1.29, 1.82) is 0 Å². The molecule has 0 aromatic carbocycles. The Balaban J connectivity index is 1.98. The Hall–Kier alpha value is -0.420. The molecule has 15 heavy (non-hydrogen) atoms. The van der Waals surface area contributed by atoms with Crippen LogP contribution in [0.1, 0.15) is 18.5 Å². The molecule has 2 unspecified atom stereocenters. The Bertz CT molecular complexity index is 289. The molecule has 0 bridgehead atoms. The number of likely N-dealkylation sites (N-methyl/N-ethyl adjacent to an activating group) is 1. The van der Waals surface area contributed by atoms with E-state index in [2.05, 4.69) is 28.7 Å². The molecule has 1 aromatic heterocycles. The third-order valence-corrected chi connectivity index (χ3v) is 3.65. The van der Waals surface area contributed by atoms with Crippen LogP contribution in [0.3, 0.4) is 0 Å². The maximum Gasteiger partial charge on any atom is 0.0895 e. The van der Waals surface area contributed by atoms with Crippen LogP contribution in [0.4, 0.5) is 0 Å². The Labute approximate surface area is 94.8 Å². The Morgan fingerprint density at radius 1 is 1.73 bits per heavy atom. The van der Waals surface area contributed by atoms with Crippen LogP contribution < -0.4 is 5.73 Å². The number of rotatable bonds is 3. The van der Waals surface area contributed by atoms with Gasteiger partial charge in [-0.05, 0) is 28.9 Å². The average Bonchev–Trinajstić information content (AvgIpc) is 2.81. The van der Waals surface area contributed by atoms with Crippen molar-refractivity contribution in [3.63, 3.8) is 0 Å². The predicted octanol–water partition coefficient (Wildman–Crippen LogP) is 1.47. The first-order valence-corrected chi connectivity index (χ1v) is 6.37. The number of hydrogen-bond acceptors (Lipinski definition) is 4. The summed E-state index contributed by atoms with van der Waals surface area (Å²) in [4.78, 5) is 2.39. The fourth-order valence-corrected chi connectivity index (χ4v) is 2.62. The molecular weight excluding hydrogens is 208 g/mol. The summed E-state index contributed by atoms with van der Waals surface area (Å²) in [5, 5.41) is 4.18. The summed E-state index contributed by atoms with van der Waals surface area (Å²) in [5.41, 5.74) is 7.38. The maximum absolute atomic E-state index is 6.19. The van der Waals surface area contributed by atoms with E-state index in [1.807, 2.05) is 0 Å². The quantitative estimate of drug-likeness (QED) is 0.848. The number of hydrogen-bond donors (Lipinski definition) is 1. The lowest BCUT2D eigenvalue weighted by Gasteiger charge is -2.34. The molecule has 2 rings (SSSR count). The first-order chi connectivity index (χ1) is 7.31. The van der Waals surface area contributed by atoms with Crippen molar-refractivity contribution < 1.29 is 4.74 Å². The fraction of sp³-hybridized carbons (Fsp3) is 0.636. The molecule has 4 heteroatoms. The zero-order valence-electron chi connectivity index (χ0n) is 9.06. The van der Waals surface area contributed by atoms with Crippen LogP contribution in [-0.4, -0.2) is 37.2 Å². The maximum atomic E-state index is 6.19. The van der Waals surface area contributed by atoms with Crippen LogP contribution in [-0.2, 0) is 4.74 Å². The van der Waals surface area contributed by atoms with E-state index in [1.54, 1.807) is 11.3 Å². The van der Waals surface area contributed by atoms with Gasteiger partial charge in [0.05, 0.1) is 18.8 Å². The van der Waals surface area contributed by atoms with Gasteiger partial charge in [0, 0.05) is 13.1 Å². The number of ether oxygens (including phenoxy) is 1. The van der Waals surface area contributed by atoms with Crippen LogP contribution in [0.2, 0.25) is 0 Å². The third kappa shape index (κ3) is 2.58. The van der Waals surface area contributed by atoms with Gasteiger partial charge in [-0.25, -0.2) is 0 Å². The van der Waals surface area contributed by atoms with Gasteiger partial charge in [-0.3, -0.25) is 4.90 Å². The number of nitrogens with two attached hydrogens (primary N) is 1. The molecule has 3 nitrogen and oxygen atoms in total. The minimum atomic E-state index is 0.0191. The summed E-state index contributed by atoms with van der Waals surface area (Å²) < 4.78 is 5.73. The van der Waals surface area contributed by atoms with Gasteiger partial charge in [-0.1, -0.05) is 6.92 Å². The van der Waals surface area contributed by atoms with E-state index in [-0.39, 0.29) is 12.1 Å². The molecular formula is C11H18N2OS. The third-order valence-electron chi connectivity index (χ3n) is 2.95. The molecule has 2 N–H and O–H groups in total. The molecule has 1 aliphatic rings. The predicted molar refractivity (Wildman–Crippen MR) is 63.1 cm³/mol. The standard InChI is InChI=1S/C11H18N2OS/c1-2-13-4-5-14-10(7-13)11(12)9-3-6-15-8-9/h3,6,8,10-11H,2,4-5,7,12H2,1H3. The Kier molecular flexibility index (Phi) is 3.75. The lowest BCUT2D eigenvalue weighted by atomic mass is 10.0. The highest BCUT2D eigenvalue weighted by atomic mass is 32.1. The lowest BCUT2D eigenvalue weighted by molar-refractivity contribution is -0.0392. The van der Waals surface area contributed by atoms with E-state index in [4.69, 9.17) is 10.5 Å². The molecule has 1 fully saturated rings. The summed E-state index contributed by atoms with van der Waals surface area (Å²) >= 11 is 1.69. The SMILES string of the molecule is CCN1CCOC(C(N)c2ccsc2)C1. The van der Waals surface area contributed by atoms with E-state index < -0.39 is 0 Å². The van der Waals surface area contributed by atoms with Crippen molar-refractivity contribution >= 4 is 11.3 Å². The van der Waals surface area contributed by atoms with Crippen molar-refractivity contribution in [2.45, 2.75) is 19.1 Å². The molecule has 0 radical (unpaired) electrons. The molecule has 0 saturated carbocycles. The fourth-order valence-electron chi connectivity index (χ4n) is 1.92. The molecule has 84 valence electrons. The van der Waals surface area contributed by atoms with E-state index in [0.29, 0.717) is 0 Å². The van der Waals surface area contributed by atoms with Crippen LogP contribution in [0.25, 0.3) is 0 Å². The molecule has 0 aliphatic carbocycles. The van der Waals surface area contributed by atoms with Gasteiger partial charge in [0.2, 0.25) is 0 Å². The minimum Gasteiger partial charge on any atom is -0.374 e. The number of morpholine rings is 1. The Morgan fingerprint density at radius 2 is 2.60 bits per heavy atom. The van der Waals surface area contributed by atoms with E-state index in [1.165, 1.54) is 5.56 Å². The highest BCUT2D eigenvalue weighted by Crippen LogP contribution is 2.21. The number of thiophene rings is 1.